The average molecular weight is 396 g/mol. The lowest BCUT2D eigenvalue weighted by Gasteiger charge is -2.11. The summed E-state index contributed by atoms with van der Waals surface area (Å²) in [5.41, 5.74) is 4.43. The lowest BCUT2D eigenvalue weighted by Crippen LogP contribution is -2.09. The minimum Gasteiger partial charge on any atom is -0.493 e. The molecule has 0 aliphatic carbocycles. The number of methoxy groups -OCH3 is 1. The Kier molecular flexibility index (Phi) is 4.94. The summed E-state index contributed by atoms with van der Waals surface area (Å²) in [6.07, 6.45) is 0.277. The minimum atomic E-state index is -0.526. The van der Waals surface area contributed by atoms with E-state index in [0.29, 0.717) is 29.4 Å². The standard InChI is InChI=1S/C20H16N2O5S/c1-25-18-7-12(2-5-17(18)26-9-14-10-28-11-21-14)20(24)27-15-3-4-16-13(6-15)8-19(23)22-16/h2-7,10-11H,8-9H2,1H3,(H,22,23). The topological polar surface area (TPSA) is 86.8 Å². The maximum Gasteiger partial charge on any atom is 0.343 e. The summed E-state index contributed by atoms with van der Waals surface area (Å²) in [6, 6.07) is 9.89. The van der Waals surface area contributed by atoms with Gasteiger partial charge in [0.05, 0.1) is 30.3 Å². The average Bonchev–Trinajstić information content (AvgIpc) is 3.34. The highest BCUT2D eigenvalue weighted by atomic mass is 32.1. The molecule has 2 aromatic carbocycles. The molecule has 1 aliphatic heterocycles. The number of fused-ring (bicyclic) bond motifs is 1. The number of aromatic nitrogens is 1. The normalized spacial score (nSPS) is 12.2. The van der Waals surface area contributed by atoms with Gasteiger partial charge in [-0.05, 0) is 42.0 Å². The van der Waals surface area contributed by atoms with Crippen LogP contribution < -0.4 is 19.5 Å². The fourth-order valence-electron chi connectivity index (χ4n) is 2.81. The molecule has 0 radical (unpaired) electrons. The molecule has 142 valence electrons. The first-order valence-corrected chi connectivity index (χ1v) is 9.39. The summed E-state index contributed by atoms with van der Waals surface area (Å²) < 4.78 is 16.5. The summed E-state index contributed by atoms with van der Waals surface area (Å²) in [5, 5.41) is 4.64. The van der Waals surface area contributed by atoms with Crippen molar-refractivity contribution in [2.75, 3.05) is 12.4 Å². The van der Waals surface area contributed by atoms with Crippen molar-refractivity contribution < 1.29 is 23.8 Å². The second-order valence-corrected chi connectivity index (χ2v) is 6.79. The molecule has 1 N–H and O–H groups in total. The van der Waals surface area contributed by atoms with Gasteiger partial charge in [0.15, 0.2) is 11.5 Å². The molecule has 0 saturated carbocycles. The van der Waals surface area contributed by atoms with Crippen molar-refractivity contribution in [2.24, 2.45) is 0 Å². The van der Waals surface area contributed by atoms with Crippen molar-refractivity contribution in [3.63, 3.8) is 0 Å². The number of hydrogen-bond acceptors (Lipinski definition) is 7. The van der Waals surface area contributed by atoms with Gasteiger partial charge >= 0.3 is 5.97 Å². The Morgan fingerprint density at radius 1 is 1.21 bits per heavy atom. The molecule has 28 heavy (non-hydrogen) atoms. The van der Waals surface area contributed by atoms with E-state index in [1.54, 1.807) is 41.9 Å². The highest BCUT2D eigenvalue weighted by molar-refractivity contribution is 7.07. The van der Waals surface area contributed by atoms with E-state index < -0.39 is 5.97 Å². The Labute approximate surface area is 164 Å². The van der Waals surface area contributed by atoms with Crippen molar-refractivity contribution in [2.45, 2.75) is 13.0 Å². The van der Waals surface area contributed by atoms with Crippen LogP contribution in [0.3, 0.4) is 0 Å². The molecule has 1 aliphatic rings. The van der Waals surface area contributed by atoms with Crippen LogP contribution in [0.2, 0.25) is 0 Å². The molecule has 0 spiro atoms. The number of thiazole rings is 1. The summed E-state index contributed by atoms with van der Waals surface area (Å²) in [7, 11) is 1.50. The van der Waals surface area contributed by atoms with Crippen LogP contribution in [0.15, 0.2) is 47.3 Å². The van der Waals surface area contributed by atoms with E-state index in [9.17, 15) is 9.59 Å². The molecule has 1 aromatic heterocycles. The van der Waals surface area contributed by atoms with Gasteiger partial charge in [0.2, 0.25) is 5.91 Å². The Bertz CT molecular complexity index is 1030. The van der Waals surface area contributed by atoms with Crippen LogP contribution in [0.5, 0.6) is 17.2 Å². The van der Waals surface area contributed by atoms with Gasteiger partial charge in [0.25, 0.3) is 0 Å². The Morgan fingerprint density at radius 2 is 2.11 bits per heavy atom. The zero-order chi connectivity index (χ0) is 19.5. The highest BCUT2D eigenvalue weighted by Gasteiger charge is 2.19. The van der Waals surface area contributed by atoms with Crippen LogP contribution in [0.1, 0.15) is 21.6 Å². The van der Waals surface area contributed by atoms with E-state index in [-0.39, 0.29) is 12.3 Å². The Morgan fingerprint density at radius 3 is 2.89 bits per heavy atom. The lowest BCUT2D eigenvalue weighted by atomic mass is 10.1. The van der Waals surface area contributed by atoms with Gasteiger partial charge in [-0.25, -0.2) is 9.78 Å². The monoisotopic (exact) mass is 396 g/mol. The molecule has 8 heteroatoms. The SMILES string of the molecule is COc1cc(C(=O)Oc2ccc3c(c2)CC(=O)N3)ccc1OCc1cscn1. The zero-order valence-corrected chi connectivity index (χ0v) is 15.7. The number of rotatable bonds is 6. The van der Waals surface area contributed by atoms with Gasteiger partial charge in [-0.2, -0.15) is 0 Å². The summed E-state index contributed by atoms with van der Waals surface area (Å²) in [5.74, 6) is 0.712. The fraction of sp³-hybridized carbons (Fsp3) is 0.150. The largest absolute Gasteiger partial charge is 0.493 e. The first-order valence-electron chi connectivity index (χ1n) is 8.45. The van der Waals surface area contributed by atoms with Crippen molar-refractivity contribution in [3.05, 3.63) is 64.1 Å². The number of esters is 1. The second kappa shape index (κ2) is 7.69. The molecule has 1 amide bonds. The van der Waals surface area contributed by atoms with Crippen LogP contribution in [-0.2, 0) is 17.8 Å². The van der Waals surface area contributed by atoms with Crippen LogP contribution in [-0.4, -0.2) is 24.0 Å². The van der Waals surface area contributed by atoms with Gasteiger partial charge < -0.3 is 19.5 Å². The molecule has 3 aromatic rings. The molecule has 0 saturated heterocycles. The van der Waals surface area contributed by atoms with Gasteiger partial charge in [0.1, 0.15) is 12.4 Å². The Hall–Kier alpha value is -3.39. The third kappa shape index (κ3) is 3.81. The van der Waals surface area contributed by atoms with Crippen LogP contribution in [0.4, 0.5) is 5.69 Å². The maximum atomic E-state index is 12.5. The number of nitrogens with zero attached hydrogens (tertiary/aromatic N) is 1. The minimum absolute atomic E-state index is 0.0727. The van der Waals surface area contributed by atoms with E-state index in [0.717, 1.165) is 16.9 Å². The fourth-order valence-corrected chi connectivity index (χ4v) is 3.35. The van der Waals surface area contributed by atoms with E-state index in [1.807, 2.05) is 5.38 Å². The molecule has 7 nitrogen and oxygen atoms in total. The van der Waals surface area contributed by atoms with E-state index in [4.69, 9.17) is 14.2 Å². The van der Waals surface area contributed by atoms with Crippen LogP contribution >= 0.6 is 11.3 Å². The molecule has 0 atom stereocenters. The lowest BCUT2D eigenvalue weighted by molar-refractivity contribution is -0.115. The Balaban J connectivity index is 1.47. The van der Waals surface area contributed by atoms with Crippen molar-refractivity contribution in [3.8, 4) is 17.2 Å². The molecular weight excluding hydrogens is 380 g/mol. The van der Waals surface area contributed by atoms with Crippen molar-refractivity contribution in [1.82, 2.24) is 4.98 Å². The van der Waals surface area contributed by atoms with E-state index in [2.05, 4.69) is 10.3 Å². The number of carbonyl (C=O) groups excluding carboxylic acids is 2. The van der Waals surface area contributed by atoms with Gasteiger partial charge in [0, 0.05) is 11.1 Å². The van der Waals surface area contributed by atoms with E-state index in [1.165, 1.54) is 18.4 Å². The van der Waals surface area contributed by atoms with Crippen molar-refractivity contribution >= 4 is 28.9 Å². The number of benzene rings is 2. The molecule has 4 rings (SSSR count). The molecule has 0 fully saturated rings. The number of anilines is 1. The number of amides is 1. The molecule has 0 unspecified atom stereocenters. The van der Waals surface area contributed by atoms with Gasteiger partial charge in [-0.1, -0.05) is 0 Å². The number of carbonyl (C=O) groups is 2. The number of hydrogen-bond donors (Lipinski definition) is 1. The third-order valence-electron chi connectivity index (χ3n) is 4.17. The summed E-state index contributed by atoms with van der Waals surface area (Å²) in [4.78, 5) is 28.1. The third-order valence-corrected chi connectivity index (χ3v) is 4.81. The van der Waals surface area contributed by atoms with Crippen molar-refractivity contribution in [1.29, 1.82) is 0 Å². The smallest absolute Gasteiger partial charge is 0.343 e. The molecular formula is C20H16N2O5S. The second-order valence-electron chi connectivity index (χ2n) is 6.07. The first kappa shape index (κ1) is 18.0. The van der Waals surface area contributed by atoms with Gasteiger partial charge in [-0.15, -0.1) is 11.3 Å². The number of nitrogens with one attached hydrogen (secondary N) is 1. The van der Waals surface area contributed by atoms with Crippen LogP contribution in [0, 0.1) is 0 Å². The first-order chi connectivity index (χ1) is 13.6. The highest BCUT2D eigenvalue weighted by Crippen LogP contribution is 2.30. The summed E-state index contributed by atoms with van der Waals surface area (Å²) in [6.45, 7) is 0.311. The quantitative estimate of drug-likeness (QED) is 0.507. The maximum absolute atomic E-state index is 12.5. The zero-order valence-electron chi connectivity index (χ0n) is 14.9. The predicted molar refractivity (Wildman–Crippen MR) is 103 cm³/mol. The molecule has 2 heterocycles. The predicted octanol–water partition coefficient (Wildman–Crippen LogP) is 3.44. The summed E-state index contributed by atoms with van der Waals surface area (Å²) >= 11 is 1.49. The van der Waals surface area contributed by atoms with Crippen LogP contribution in [0.25, 0.3) is 0 Å². The van der Waals surface area contributed by atoms with Gasteiger partial charge in [-0.3, -0.25) is 4.79 Å². The molecule has 0 bridgehead atoms. The number of ether oxygens (including phenoxy) is 3. The van der Waals surface area contributed by atoms with E-state index >= 15 is 0 Å².